The fourth-order valence-electron chi connectivity index (χ4n) is 0.0704. The Morgan fingerprint density at radius 2 is 1.50 bits per heavy atom. The zero-order valence-corrected chi connectivity index (χ0v) is 5.12. The second-order valence-electron chi connectivity index (χ2n) is 0.827. The maximum atomic E-state index is 11.5. The van der Waals surface area contributed by atoms with E-state index in [0.29, 0.717) is 0 Å². The number of alkyl halides is 1. The summed E-state index contributed by atoms with van der Waals surface area (Å²) in [6, 6.07) is 0. The van der Waals surface area contributed by atoms with Crippen molar-refractivity contribution >= 4 is 22.2 Å². The maximum absolute atomic E-state index is 11.5. The van der Waals surface area contributed by atoms with Gasteiger partial charge in [0.1, 0.15) is 0 Å². The van der Waals surface area contributed by atoms with Gasteiger partial charge in [0.05, 0.1) is 0 Å². The Kier molecular flexibility index (Phi) is 3.29. The topological polar surface area (TPSA) is 74.6 Å². The molecule has 0 fully saturated rings. The molecule has 0 saturated heterocycles. The molecule has 0 rings (SSSR count). The first-order chi connectivity index (χ1) is 3.55. The maximum Gasteiger partial charge on any atom is 0.298 e. The standard InChI is InChI=1S/CH3FO4S2/c2-1(7(3)4)8(5)6/h1H,(H,3,4)(H,5,6). The minimum atomic E-state index is -2.86. The molecular weight excluding hydrogens is 159 g/mol. The van der Waals surface area contributed by atoms with Crippen LogP contribution in [0.15, 0.2) is 0 Å². The Labute approximate surface area is 49.7 Å². The van der Waals surface area contributed by atoms with E-state index in [9.17, 15) is 12.8 Å². The molecule has 2 N–H and O–H groups in total. The van der Waals surface area contributed by atoms with Crippen molar-refractivity contribution in [2.24, 2.45) is 0 Å². The minimum absolute atomic E-state index is 2.57. The number of hydrogen-bond donors (Lipinski definition) is 2. The highest BCUT2D eigenvalue weighted by atomic mass is 32.3. The average Bonchev–Trinajstić information content (AvgIpc) is 1.64. The summed E-state index contributed by atoms with van der Waals surface area (Å²) < 4.78 is 46.1. The normalized spacial score (nSPS) is 21.9. The van der Waals surface area contributed by atoms with Crippen LogP contribution in [0.3, 0.4) is 0 Å². The van der Waals surface area contributed by atoms with Crippen LogP contribution >= 0.6 is 0 Å². The van der Waals surface area contributed by atoms with Gasteiger partial charge in [-0.25, -0.2) is 12.8 Å². The van der Waals surface area contributed by atoms with E-state index >= 15 is 0 Å². The lowest BCUT2D eigenvalue weighted by molar-refractivity contribution is 0.454. The van der Waals surface area contributed by atoms with Crippen molar-refractivity contribution in [1.82, 2.24) is 0 Å². The molecule has 0 aromatic heterocycles. The lowest BCUT2D eigenvalue weighted by atomic mass is 11.8. The predicted molar refractivity (Wildman–Crippen MR) is 26.4 cm³/mol. The Hall–Kier alpha value is 0.150. The van der Waals surface area contributed by atoms with Gasteiger partial charge in [0, 0.05) is 0 Å². The SMILES string of the molecule is O=S(O)C(F)S(=O)O. The molecule has 0 aromatic rings. The summed E-state index contributed by atoms with van der Waals surface area (Å²) in [6.07, 6.45) is 0. The Morgan fingerprint density at radius 1 is 1.25 bits per heavy atom. The van der Waals surface area contributed by atoms with E-state index in [0.717, 1.165) is 0 Å². The van der Waals surface area contributed by atoms with Gasteiger partial charge >= 0.3 is 0 Å². The van der Waals surface area contributed by atoms with Crippen LogP contribution in [0.5, 0.6) is 0 Å². The van der Waals surface area contributed by atoms with E-state index in [2.05, 4.69) is 0 Å². The largest absolute Gasteiger partial charge is 0.303 e. The molecule has 0 radical (unpaired) electrons. The van der Waals surface area contributed by atoms with E-state index in [-0.39, 0.29) is 0 Å². The smallest absolute Gasteiger partial charge is 0.298 e. The molecule has 0 amide bonds. The van der Waals surface area contributed by atoms with Crippen LogP contribution in [0.4, 0.5) is 4.39 Å². The van der Waals surface area contributed by atoms with Crippen LogP contribution in [-0.2, 0) is 22.2 Å². The first-order valence-electron chi connectivity index (χ1n) is 1.39. The highest BCUT2D eigenvalue weighted by molar-refractivity contribution is 7.97. The van der Waals surface area contributed by atoms with Gasteiger partial charge in [0.2, 0.25) is 22.2 Å². The summed E-state index contributed by atoms with van der Waals surface area (Å²) in [5.41, 5.74) is 0. The molecule has 50 valence electrons. The Morgan fingerprint density at radius 3 is 1.50 bits per heavy atom. The molecule has 0 aliphatic carbocycles. The van der Waals surface area contributed by atoms with Gasteiger partial charge < -0.3 is 9.11 Å². The molecule has 0 bridgehead atoms. The minimum Gasteiger partial charge on any atom is -0.303 e. The zero-order valence-electron chi connectivity index (χ0n) is 3.48. The summed E-state index contributed by atoms with van der Waals surface area (Å²) in [5.74, 6) is 0. The van der Waals surface area contributed by atoms with Crippen LogP contribution < -0.4 is 0 Å². The monoisotopic (exact) mass is 162 g/mol. The highest BCUT2D eigenvalue weighted by Crippen LogP contribution is 1.97. The molecule has 0 aliphatic rings. The molecule has 0 aromatic carbocycles. The third-order valence-electron chi connectivity index (χ3n) is 0.317. The quantitative estimate of drug-likeness (QED) is 0.546. The summed E-state index contributed by atoms with van der Waals surface area (Å²) in [4.78, 5) is -2.57. The fraction of sp³-hybridized carbons (Fsp3) is 1.00. The van der Waals surface area contributed by atoms with E-state index in [4.69, 9.17) is 9.11 Å². The van der Waals surface area contributed by atoms with Crippen LogP contribution in [-0.4, -0.2) is 22.4 Å². The summed E-state index contributed by atoms with van der Waals surface area (Å²) in [6.45, 7) is 0. The first-order valence-corrected chi connectivity index (χ1v) is 3.73. The Balaban J connectivity index is 3.83. The number of halogens is 1. The molecule has 4 nitrogen and oxygen atoms in total. The van der Waals surface area contributed by atoms with Crippen LogP contribution in [0.1, 0.15) is 0 Å². The third kappa shape index (κ3) is 2.46. The predicted octanol–water partition coefficient (Wildman–Crippen LogP) is -0.317. The summed E-state index contributed by atoms with van der Waals surface area (Å²) in [7, 11) is 0. The van der Waals surface area contributed by atoms with Crippen molar-refractivity contribution in [2.45, 2.75) is 4.84 Å². The highest BCUT2D eigenvalue weighted by Gasteiger charge is 2.18. The molecule has 0 heterocycles. The second kappa shape index (κ2) is 3.23. The molecular formula is CH3FO4S2. The van der Waals surface area contributed by atoms with E-state index in [1.54, 1.807) is 0 Å². The molecule has 2 unspecified atom stereocenters. The van der Waals surface area contributed by atoms with Crippen molar-refractivity contribution in [2.75, 3.05) is 0 Å². The number of rotatable bonds is 2. The average molecular weight is 162 g/mol. The fourth-order valence-corrected chi connectivity index (χ4v) is 0.634. The molecule has 7 heteroatoms. The number of hydrogen-bond acceptors (Lipinski definition) is 2. The Bertz CT molecular complexity index is 109. The molecule has 0 spiro atoms. The van der Waals surface area contributed by atoms with Gasteiger partial charge in [-0.1, -0.05) is 0 Å². The summed E-state index contributed by atoms with van der Waals surface area (Å²) in [5, 5.41) is 0. The van der Waals surface area contributed by atoms with Gasteiger partial charge in [0.25, 0.3) is 4.84 Å². The van der Waals surface area contributed by atoms with Gasteiger partial charge in [-0.15, -0.1) is 0 Å². The van der Waals surface area contributed by atoms with Crippen LogP contribution in [0, 0.1) is 0 Å². The van der Waals surface area contributed by atoms with Crippen molar-refractivity contribution in [1.29, 1.82) is 0 Å². The van der Waals surface area contributed by atoms with Gasteiger partial charge in [-0.3, -0.25) is 0 Å². The first kappa shape index (κ1) is 8.15. The van der Waals surface area contributed by atoms with E-state index in [1.165, 1.54) is 0 Å². The van der Waals surface area contributed by atoms with Crippen molar-refractivity contribution in [3.05, 3.63) is 0 Å². The lowest BCUT2D eigenvalue weighted by Crippen LogP contribution is -2.13. The molecule has 0 aliphatic heterocycles. The van der Waals surface area contributed by atoms with Crippen LogP contribution in [0.25, 0.3) is 0 Å². The van der Waals surface area contributed by atoms with E-state index < -0.39 is 27.0 Å². The van der Waals surface area contributed by atoms with Crippen molar-refractivity contribution < 1.29 is 21.9 Å². The molecule has 0 saturated carbocycles. The van der Waals surface area contributed by atoms with Crippen LogP contribution in [0.2, 0.25) is 0 Å². The van der Waals surface area contributed by atoms with Crippen molar-refractivity contribution in [3.8, 4) is 0 Å². The second-order valence-corrected chi connectivity index (χ2v) is 3.06. The van der Waals surface area contributed by atoms with Gasteiger partial charge in [-0.05, 0) is 0 Å². The third-order valence-corrected chi connectivity index (χ3v) is 1.94. The van der Waals surface area contributed by atoms with Gasteiger partial charge in [0.15, 0.2) is 0 Å². The molecule has 8 heavy (non-hydrogen) atoms. The summed E-state index contributed by atoms with van der Waals surface area (Å²) >= 11 is -5.71. The van der Waals surface area contributed by atoms with Crippen molar-refractivity contribution in [3.63, 3.8) is 0 Å². The molecule has 2 atom stereocenters. The van der Waals surface area contributed by atoms with Gasteiger partial charge in [-0.2, -0.15) is 0 Å². The van der Waals surface area contributed by atoms with E-state index in [1.807, 2.05) is 0 Å². The zero-order chi connectivity index (χ0) is 6.73. The lowest BCUT2D eigenvalue weighted by Gasteiger charge is -1.92.